The molecule has 3 rings (SSSR count). The lowest BCUT2D eigenvalue weighted by Gasteiger charge is -2.42. The number of piperidine rings is 1. The number of nitrogens with zero attached hydrogens (tertiary/aromatic N) is 1. The standard InChI is InChI=1S/C19H24FNO3S/c1-12-11-19(23,8-9-21(12)17(22)24-18(2,3)4)15-10-13-6-5-7-14(20)16(13)25-15/h5-7,10,12,23H,8-9,11H2,1-4H3. The summed E-state index contributed by atoms with van der Waals surface area (Å²) >= 11 is 1.29. The number of amides is 1. The maximum atomic E-state index is 14.0. The lowest BCUT2D eigenvalue weighted by Crippen LogP contribution is -2.51. The topological polar surface area (TPSA) is 49.8 Å². The molecule has 0 saturated carbocycles. The summed E-state index contributed by atoms with van der Waals surface area (Å²) < 4.78 is 20.0. The van der Waals surface area contributed by atoms with E-state index < -0.39 is 11.2 Å². The van der Waals surface area contributed by atoms with Crippen molar-refractivity contribution in [2.75, 3.05) is 6.54 Å². The number of aliphatic hydroxyl groups is 1. The smallest absolute Gasteiger partial charge is 0.410 e. The molecule has 1 saturated heterocycles. The molecule has 0 radical (unpaired) electrons. The van der Waals surface area contributed by atoms with E-state index in [9.17, 15) is 14.3 Å². The molecule has 4 nitrogen and oxygen atoms in total. The van der Waals surface area contributed by atoms with Crippen molar-refractivity contribution in [3.8, 4) is 0 Å². The van der Waals surface area contributed by atoms with E-state index in [0.717, 1.165) is 10.3 Å². The molecule has 6 heteroatoms. The van der Waals surface area contributed by atoms with Gasteiger partial charge >= 0.3 is 6.09 Å². The Hall–Kier alpha value is -1.66. The van der Waals surface area contributed by atoms with Gasteiger partial charge in [-0.3, -0.25) is 0 Å². The largest absolute Gasteiger partial charge is 0.444 e. The van der Waals surface area contributed by atoms with E-state index in [1.165, 1.54) is 17.4 Å². The number of halogens is 1. The van der Waals surface area contributed by atoms with Crippen LogP contribution in [0.2, 0.25) is 0 Å². The van der Waals surface area contributed by atoms with Crippen LogP contribution < -0.4 is 0 Å². The Bertz CT molecular complexity index is 798. The number of hydrogen-bond acceptors (Lipinski definition) is 4. The monoisotopic (exact) mass is 365 g/mol. The molecule has 1 aliphatic heterocycles. The second-order valence-corrected chi connectivity index (χ2v) is 8.83. The average Bonchev–Trinajstić information content (AvgIpc) is 2.91. The quantitative estimate of drug-likeness (QED) is 0.800. The summed E-state index contributed by atoms with van der Waals surface area (Å²) in [6, 6.07) is 6.65. The lowest BCUT2D eigenvalue weighted by atomic mass is 9.85. The van der Waals surface area contributed by atoms with E-state index in [1.807, 2.05) is 39.8 Å². The Labute approximate surface area is 151 Å². The minimum absolute atomic E-state index is 0.163. The first-order chi connectivity index (χ1) is 11.6. The second-order valence-electron chi connectivity index (χ2n) is 7.78. The summed E-state index contributed by atoms with van der Waals surface area (Å²) in [5.74, 6) is -0.267. The fourth-order valence-electron chi connectivity index (χ4n) is 3.30. The van der Waals surface area contributed by atoms with E-state index in [0.29, 0.717) is 24.1 Å². The Morgan fingerprint density at radius 2 is 2.16 bits per heavy atom. The third-order valence-electron chi connectivity index (χ3n) is 4.51. The maximum Gasteiger partial charge on any atom is 0.410 e. The zero-order valence-corrected chi connectivity index (χ0v) is 15.8. The number of hydrogen-bond donors (Lipinski definition) is 1. The highest BCUT2D eigenvalue weighted by Gasteiger charge is 2.41. The summed E-state index contributed by atoms with van der Waals surface area (Å²) in [4.78, 5) is 14.7. The number of fused-ring (bicyclic) bond motifs is 1. The number of carbonyl (C=O) groups is 1. The summed E-state index contributed by atoms with van der Waals surface area (Å²) in [6.45, 7) is 7.82. The molecule has 2 atom stereocenters. The van der Waals surface area contributed by atoms with Crippen molar-refractivity contribution in [3.63, 3.8) is 0 Å². The summed E-state index contributed by atoms with van der Waals surface area (Å²) in [5, 5.41) is 11.9. The van der Waals surface area contributed by atoms with Gasteiger partial charge in [-0.15, -0.1) is 11.3 Å². The fourth-order valence-corrected chi connectivity index (χ4v) is 4.49. The molecule has 2 aromatic rings. The number of ether oxygens (including phenoxy) is 1. The first-order valence-corrected chi connectivity index (χ1v) is 9.31. The van der Waals surface area contributed by atoms with Crippen molar-refractivity contribution in [2.45, 2.75) is 57.8 Å². The van der Waals surface area contributed by atoms with Gasteiger partial charge in [-0.1, -0.05) is 12.1 Å². The molecule has 1 aromatic heterocycles. The number of benzene rings is 1. The van der Waals surface area contributed by atoms with E-state index in [1.54, 1.807) is 11.0 Å². The van der Waals surface area contributed by atoms with Crippen LogP contribution in [-0.2, 0) is 10.3 Å². The van der Waals surface area contributed by atoms with Gasteiger partial charge in [0.1, 0.15) is 17.0 Å². The SMILES string of the molecule is CC1CC(O)(c2cc3cccc(F)c3s2)CCN1C(=O)OC(C)(C)C. The van der Waals surface area contributed by atoms with Crippen LogP contribution >= 0.6 is 11.3 Å². The Morgan fingerprint density at radius 3 is 2.76 bits per heavy atom. The molecule has 1 aromatic carbocycles. The Morgan fingerprint density at radius 1 is 1.44 bits per heavy atom. The number of likely N-dealkylation sites (tertiary alicyclic amines) is 1. The van der Waals surface area contributed by atoms with E-state index in [-0.39, 0.29) is 18.0 Å². The van der Waals surface area contributed by atoms with E-state index >= 15 is 0 Å². The van der Waals surface area contributed by atoms with Gasteiger partial charge in [-0.25, -0.2) is 9.18 Å². The van der Waals surface area contributed by atoms with Crippen LogP contribution in [0.4, 0.5) is 9.18 Å². The zero-order valence-electron chi connectivity index (χ0n) is 15.0. The molecule has 0 spiro atoms. The summed E-state index contributed by atoms with van der Waals surface area (Å²) in [7, 11) is 0. The molecular formula is C19H24FNO3S. The first kappa shape index (κ1) is 18.1. The van der Waals surface area contributed by atoms with E-state index in [4.69, 9.17) is 4.74 Å². The Kier molecular flexibility index (Phi) is 4.54. The zero-order chi connectivity index (χ0) is 18.4. The number of carbonyl (C=O) groups excluding carboxylic acids is 1. The molecule has 0 aliphatic carbocycles. The van der Waals surface area contributed by atoms with Crippen molar-refractivity contribution in [3.05, 3.63) is 35.0 Å². The highest BCUT2D eigenvalue weighted by molar-refractivity contribution is 7.19. The highest BCUT2D eigenvalue weighted by atomic mass is 32.1. The lowest BCUT2D eigenvalue weighted by molar-refractivity contribution is -0.0525. The molecule has 2 unspecified atom stereocenters. The molecule has 25 heavy (non-hydrogen) atoms. The molecular weight excluding hydrogens is 341 g/mol. The minimum atomic E-state index is -1.05. The van der Waals surface area contributed by atoms with Gasteiger partial charge in [0.25, 0.3) is 0 Å². The van der Waals surface area contributed by atoms with Crippen molar-refractivity contribution in [1.82, 2.24) is 4.90 Å². The van der Waals surface area contributed by atoms with Crippen LogP contribution in [-0.4, -0.2) is 34.3 Å². The molecule has 2 heterocycles. The van der Waals surface area contributed by atoms with Gasteiger partial charge in [-0.05, 0) is 51.6 Å². The van der Waals surface area contributed by atoms with Crippen LogP contribution in [0.15, 0.2) is 24.3 Å². The van der Waals surface area contributed by atoms with Gasteiger partial charge in [0.05, 0.1) is 4.70 Å². The van der Waals surface area contributed by atoms with Gasteiger partial charge in [0.2, 0.25) is 0 Å². The maximum absolute atomic E-state index is 14.0. The van der Waals surface area contributed by atoms with Crippen LogP contribution in [0.5, 0.6) is 0 Å². The first-order valence-electron chi connectivity index (χ1n) is 8.50. The average molecular weight is 365 g/mol. The molecule has 1 N–H and O–H groups in total. The van der Waals surface area contributed by atoms with Crippen LogP contribution in [0.25, 0.3) is 10.1 Å². The van der Waals surface area contributed by atoms with Crippen molar-refractivity contribution < 1.29 is 19.0 Å². The molecule has 1 amide bonds. The van der Waals surface area contributed by atoms with Gasteiger partial charge < -0.3 is 14.7 Å². The number of thiophene rings is 1. The van der Waals surface area contributed by atoms with Crippen molar-refractivity contribution in [2.24, 2.45) is 0 Å². The number of rotatable bonds is 1. The summed E-state index contributed by atoms with van der Waals surface area (Å²) in [5.41, 5.74) is -1.60. The normalized spacial score (nSPS) is 24.6. The predicted octanol–water partition coefficient (Wildman–Crippen LogP) is 4.65. The van der Waals surface area contributed by atoms with Crippen molar-refractivity contribution in [1.29, 1.82) is 0 Å². The van der Waals surface area contributed by atoms with Gasteiger partial charge in [-0.2, -0.15) is 0 Å². The molecule has 1 aliphatic rings. The molecule has 0 bridgehead atoms. The van der Waals surface area contributed by atoms with Crippen LogP contribution in [0, 0.1) is 5.82 Å². The van der Waals surface area contributed by atoms with Crippen LogP contribution in [0.1, 0.15) is 45.4 Å². The van der Waals surface area contributed by atoms with Gasteiger partial charge in [0.15, 0.2) is 0 Å². The fraction of sp³-hybridized carbons (Fsp3) is 0.526. The second kappa shape index (κ2) is 6.25. The minimum Gasteiger partial charge on any atom is -0.444 e. The third-order valence-corrected chi connectivity index (χ3v) is 5.87. The van der Waals surface area contributed by atoms with Crippen molar-refractivity contribution >= 4 is 27.5 Å². The Balaban J connectivity index is 1.80. The predicted molar refractivity (Wildman–Crippen MR) is 97.3 cm³/mol. The van der Waals surface area contributed by atoms with Crippen LogP contribution in [0.3, 0.4) is 0 Å². The summed E-state index contributed by atoms with van der Waals surface area (Å²) in [6.07, 6.45) is 0.454. The molecule has 136 valence electrons. The molecule has 1 fully saturated rings. The highest BCUT2D eigenvalue weighted by Crippen LogP contribution is 2.42. The third kappa shape index (κ3) is 3.65. The van der Waals surface area contributed by atoms with Gasteiger partial charge in [0, 0.05) is 23.9 Å². The van der Waals surface area contributed by atoms with E-state index in [2.05, 4.69) is 0 Å².